The summed E-state index contributed by atoms with van der Waals surface area (Å²) in [7, 11) is 0. The van der Waals surface area contributed by atoms with Crippen molar-refractivity contribution in [1.82, 2.24) is 9.13 Å². The predicted octanol–water partition coefficient (Wildman–Crippen LogP) is 10.6. The zero-order valence-corrected chi connectivity index (χ0v) is 26.9. The number of nitriles is 3. The van der Waals surface area contributed by atoms with Crippen molar-refractivity contribution in [2.45, 2.75) is 12.8 Å². The zero-order chi connectivity index (χ0) is 33.8. The second kappa shape index (κ2) is 11.5. The summed E-state index contributed by atoms with van der Waals surface area (Å²) in [6, 6.07) is 49.7. The summed E-state index contributed by atoms with van der Waals surface area (Å²) in [5.41, 5.74) is 13.0. The molecule has 5 nitrogen and oxygen atoms in total. The minimum atomic E-state index is 0.564. The molecule has 0 N–H and O–H groups in total. The molecule has 0 saturated heterocycles. The van der Waals surface area contributed by atoms with Crippen molar-refractivity contribution in [2.75, 3.05) is 0 Å². The molecule has 0 spiro atoms. The molecule has 232 valence electrons. The highest BCUT2D eigenvalue weighted by Gasteiger charge is 2.23. The maximum absolute atomic E-state index is 10.6. The Hall–Kier alpha value is -7.13. The Kier molecular flexibility index (Phi) is 6.70. The van der Waals surface area contributed by atoms with Crippen molar-refractivity contribution in [3.05, 3.63) is 161 Å². The lowest BCUT2D eigenvalue weighted by Gasteiger charge is -2.20. The highest BCUT2D eigenvalue weighted by molar-refractivity contribution is 6.10. The quantitative estimate of drug-likeness (QED) is 0.193. The average molecular weight is 638 g/mol. The Morgan fingerprint density at radius 2 is 1.30 bits per heavy atom. The molecule has 0 amide bonds. The van der Waals surface area contributed by atoms with E-state index in [0.29, 0.717) is 16.7 Å². The highest BCUT2D eigenvalue weighted by atomic mass is 15.0. The van der Waals surface area contributed by atoms with Crippen LogP contribution in [0.3, 0.4) is 0 Å². The standard InChI is InChI=1S/C45H27N5/c46-26-29-20-22-43-39(23-29)37-21-19-30(27-47)24-44(37)49(43)33-11-7-9-31(25-33)34-15-8-10-32(28-48)45(34)38-14-3-6-18-42(38)50-40-16-4-1-12-35(40)36-13-2-5-17-41(36)50/h1-4,6-16,18-25H,5,17H2. The van der Waals surface area contributed by atoms with Crippen LogP contribution in [0.2, 0.25) is 0 Å². The van der Waals surface area contributed by atoms with E-state index in [1.165, 1.54) is 16.6 Å². The van der Waals surface area contributed by atoms with E-state index in [-0.39, 0.29) is 0 Å². The molecule has 0 aliphatic heterocycles. The summed E-state index contributed by atoms with van der Waals surface area (Å²) in [4.78, 5) is 0. The number of benzene rings is 6. The van der Waals surface area contributed by atoms with Gasteiger partial charge in [-0.1, -0.05) is 78.9 Å². The topological polar surface area (TPSA) is 81.2 Å². The maximum atomic E-state index is 10.6. The molecule has 0 fully saturated rings. The van der Waals surface area contributed by atoms with E-state index in [9.17, 15) is 15.8 Å². The van der Waals surface area contributed by atoms with Gasteiger partial charge in [-0.2, -0.15) is 15.8 Å². The van der Waals surface area contributed by atoms with E-state index in [2.05, 4.69) is 106 Å². The molecule has 0 bridgehead atoms. The fraction of sp³-hybridized carbons (Fsp3) is 0.0444. The van der Waals surface area contributed by atoms with Crippen LogP contribution in [0.25, 0.3) is 72.4 Å². The van der Waals surface area contributed by atoms with Gasteiger partial charge in [-0.3, -0.25) is 0 Å². The third-order valence-electron chi connectivity index (χ3n) is 9.89. The van der Waals surface area contributed by atoms with E-state index in [0.717, 1.165) is 73.8 Å². The van der Waals surface area contributed by atoms with Crippen molar-refractivity contribution in [3.8, 4) is 51.8 Å². The van der Waals surface area contributed by atoms with E-state index in [1.54, 1.807) is 0 Å². The largest absolute Gasteiger partial charge is 0.312 e. The maximum Gasteiger partial charge on any atom is 0.0998 e. The lowest BCUT2D eigenvalue weighted by molar-refractivity contribution is 0.889. The third-order valence-corrected chi connectivity index (χ3v) is 9.89. The number of hydrogen-bond donors (Lipinski definition) is 0. The number of rotatable bonds is 4. The fourth-order valence-corrected chi connectivity index (χ4v) is 7.75. The molecule has 8 aromatic rings. The van der Waals surface area contributed by atoms with Gasteiger partial charge in [-0.25, -0.2) is 0 Å². The first-order chi connectivity index (χ1) is 24.7. The lowest BCUT2D eigenvalue weighted by Crippen LogP contribution is -2.05. The van der Waals surface area contributed by atoms with Gasteiger partial charge in [0.25, 0.3) is 0 Å². The van der Waals surface area contributed by atoms with Crippen molar-refractivity contribution in [1.29, 1.82) is 15.8 Å². The van der Waals surface area contributed by atoms with Crippen molar-refractivity contribution in [2.24, 2.45) is 0 Å². The zero-order valence-electron chi connectivity index (χ0n) is 26.9. The van der Waals surface area contributed by atoms with Gasteiger partial charge in [0.05, 0.1) is 57.1 Å². The minimum Gasteiger partial charge on any atom is -0.312 e. The molecule has 0 atom stereocenters. The predicted molar refractivity (Wildman–Crippen MR) is 200 cm³/mol. The van der Waals surface area contributed by atoms with Gasteiger partial charge in [0, 0.05) is 44.2 Å². The second-order valence-corrected chi connectivity index (χ2v) is 12.6. The minimum absolute atomic E-state index is 0.564. The first-order valence-corrected chi connectivity index (χ1v) is 16.6. The monoisotopic (exact) mass is 637 g/mol. The van der Waals surface area contributed by atoms with Crippen LogP contribution in [0.4, 0.5) is 0 Å². The van der Waals surface area contributed by atoms with Crippen LogP contribution in [-0.2, 0) is 6.42 Å². The molecule has 2 aromatic heterocycles. The van der Waals surface area contributed by atoms with Gasteiger partial charge in [0.2, 0.25) is 0 Å². The fourth-order valence-electron chi connectivity index (χ4n) is 7.75. The van der Waals surface area contributed by atoms with E-state index in [1.807, 2.05) is 60.7 Å². The normalized spacial score (nSPS) is 12.1. The number of aromatic nitrogens is 2. The van der Waals surface area contributed by atoms with Crippen LogP contribution >= 0.6 is 0 Å². The number of para-hydroxylation sites is 2. The van der Waals surface area contributed by atoms with Crippen molar-refractivity contribution >= 4 is 38.8 Å². The van der Waals surface area contributed by atoms with Crippen LogP contribution < -0.4 is 0 Å². The van der Waals surface area contributed by atoms with Gasteiger partial charge in [-0.15, -0.1) is 0 Å². The lowest BCUT2D eigenvalue weighted by atomic mass is 9.89. The van der Waals surface area contributed by atoms with Crippen molar-refractivity contribution in [3.63, 3.8) is 0 Å². The van der Waals surface area contributed by atoms with Crippen LogP contribution in [0, 0.1) is 34.0 Å². The third kappa shape index (κ3) is 4.37. The summed E-state index contributed by atoms with van der Waals surface area (Å²) in [5, 5.41) is 33.1. The molecule has 1 aliphatic carbocycles. The van der Waals surface area contributed by atoms with Crippen molar-refractivity contribution < 1.29 is 0 Å². The Balaban J connectivity index is 1.29. The molecular weight excluding hydrogens is 611 g/mol. The summed E-state index contributed by atoms with van der Waals surface area (Å²) in [5.74, 6) is 0. The van der Waals surface area contributed by atoms with Crippen LogP contribution in [0.1, 0.15) is 34.4 Å². The first kappa shape index (κ1) is 29.0. The summed E-state index contributed by atoms with van der Waals surface area (Å²) < 4.78 is 4.54. The molecule has 50 heavy (non-hydrogen) atoms. The Bertz CT molecular complexity index is 2860. The number of fused-ring (bicyclic) bond motifs is 6. The Morgan fingerprint density at radius 3 is 2.18 bits per heavy atom. The van der Waals surface area contributed by atoms with Crippen LogP contribution in [-0.4, -0.2) is 9.13 Å². The molecule has 0 saturated carbocycles. The van der Waals surface area contributed by atoms with Crippen LogP contribution in [0.15, 0.2) is 133 Å². The van der Waals surface area contributed by atoms with Gasteiger partial charge >= 0.3 is 0 Å². The van der Waals surface area contributed by atoms with Gasteiger partial charge in [-0.05, 0) is 84.6 Å². The number of allylic oxidation sites excluding steroid dienone is 1. The molecule has 6 aromatic carbocycles. The van der Waals surface area contributed by atoms with Gasteiger partial charge in [0.15, 0.2) is 0 Å². The highest BCUT2D eigenvalue weighted by Crippen LogP contribution is 2.42. The molecule has 5 heteroatoms. The van der Waals surface area contributed by atoms with E-state index < -0.39 is 0 Å². The molecule has 0 radical (unpaired) electrons. The molecule has 9 rings (SSSR count). The Labute approximate surface area is 289 Å². The second-order valence-electron chi connectivity index (χ2n) is 12.6. The number of hydrogen-bond acceptors (Lipinski definition) is 3. The van der Waals surface area contributed by atoms with Gasteiger partial charge in [0.1, 0.15) is 0 Å². The molecule has 1 aliphatic rings. The molecule has 0 unspecified atom stereocenters. The number of nitrogens with zero attached hydrogens (tertiary/aromatic N) is 5. The molecular formula is C45H27N5. The smallest absolute Gasteiger partial charge is 0.0998 e. The van der Waals surface area contributed by atoms with Gasteiger partial charge < -0.3 is 9.13 Å². The Morgan fingerprint density at radius 1 is 0.540 bits per heavy atom. The van der Waals surface area contributed by atoms with E-state index in [4.69, 9.17) is 0 Å². The SMILES string of the molecule is N#Cc1ccc2c(c1)c1ccc(C#N)cc1n2-c1cccc(-c2cccc(C#N)c2-c2ccccc2-n2c3c(c4ccccc42)C=CCC3)c1. The molecule has 2 heterocycles. The van der Waals surface area contributed by atoms with Crippen LogP contribution in [0.5, 0.6) is 0 Å². The summed E-state index contributed by atoms with van der Waals surface area (Å²) in [6.45, 7) is 0. The summed E-state index contributed by atoms with van der Waals surface area (Å²) >= 11 is 0. The van der Waals surface area contributed by atoms with E-state index >= 15 is 0 Å². The average Bonchev–Trinajstić information content (AvgIpc) is 3.69. The first-order valence-electron chi connectivity index (χ1n) is 16.6. The summed E-state index contributed by atoms with van der Waals surface area (Å²) in [6.07, 6.45) is 6.41.